The van der Waals surface area contributed by atoms with Crippen molar-refractivity contribution < 1.29 is 4.39 Å². The Bertz CT molecular complexity index is 411. The maximum absolute atomic E-state index is 13.1. The van der Waals surface area contributed by atoms with Crippen LogP contribution in [0.1, 0.15) is 18.9 Å². The van der Waals surface area contributed by atoms with Gasteiger partial charge in [-0.15, -0.1) is 0 Å². The Labute approximate surface area is 115 Å². The fourth-order valence-electron chi connectivity index (χ4n) is 1.53. The van der Waals surface area contributed by atoms with E-state index in [1.165, 1.54) is 6.07 Å². The van der Waals surface area contributed by atoms with Gasteiger partial charge >= 0.3 is 0 Å². The zero-order valence-corrected chi connectivity index (χ0v) is 12.3. The number of hydrogen-bond donors (Lipinski definition) is 1. The van der Waals surface area contributed by atoms with Gasteiger partial charge in [0.25, 0.3) is 0 Å². The zero-order chi connectivity index (χ0) is 13.0. The van der Waals surface area contributed by atoms with Gasteiger partial charge in [-0.25, -0.2) is 4.39 Å². The van der Waals surface area contributed by atoms with Crippen molar-refractivity contribution in [3.63, 3.8) is 0 Å². The van der Waals surface area contributed by atoms with Crippen molar-refractivity contribution >= 4 is 33.1 Å². The predicted octanol–water partition coefficient (Wildman–Crippen LogP) is 3.08. The van der Waals surface area contributed by atoms with E-state index in [2.05, 4.69) is 27.8 Å². The molecule has 1 aromatic rings. The van der Waals surface area contributed by atoms with Crippen molar-refractivity contribution in [1.82, 2.24) is 4.90 Å². The summed E-state index contributed by atoms with van der Waals surface area (Å²) in [4.78, 5) is 2.66. The normalized spacial score (nSPS) is 12.8. The molecule has 1 unspecified atom stereocenters. The van der Waals surface area contributed by atoms with Crippen molar-refractivity contribution in [1.29, 1.82) is 0 Å². The van der Waals surface area contributed by atoms with Gasteiger partial charge in [-0.1, -0.05) is 18.3 Å². The lowest BCUT2D eigenvalue weighted by Gasteiger charge is -2.24. The quantitative estimate of drug-likeness (QED) is 0.846. The molecule has 0 bridgehead atoms. The largest absolute Gasteiger partial charge is 0.393 e. The van der Waals surface area contributed by atoms with E-state index in [4.69, 9.17) is 18.0 Å². The highest BCUT2D eigenvalue weighted by molar-refractivity contribution is 9.10. The molecule has 0 aromatic heterocycles. The summed E-state index contributed by atoms with van der Waals surface area (Å²) in [7, 11) is 2.00. The first-order valence-electron chi connectivity index (χ1n) is 5.32. The van der Waals surface area contributed by atoms with Gasteiger partial charge < -0.3 is 5.73 Å². The molecule has 2 N–H and O–H groups in total. The number of hydrogen-bond acceptors (Lipinski definition) is 2. The second-order valence-electron chi connectivity index (χ2n) is 4.18. The second-order valence-corrected chi connectivity index (χ2v) is 5.56. The highest BCUT2D eigenvalue weighted by Crippen LogP contribution is 2.18. The lowest BCUT2D eigenvalue weighted by atomic mass is 10.1. The molecule has 0 aliphatic heterocycles. The standard InChI is InChI=1S/C12H16BrFN2S/c1-8(5-12(15)17)16(2)7-9-3-4-11(14)10(13)6-9/h3-4,6,8H,5,7H2,1-2H3,(H2,15,17). The second kappa shape index (κ2) is 6.42. The highest BCUT2D eigenvalue weighted by Gasteiger charge is 2.11. The molecule has 0 radical (unpaired) electrons. The zero-order valence-electron chi connectivity index (χ0n) is 9.91. The average Bonchev–Trinajstić information content (AvgIpc) is 2.22. The Hall–Kier alpha value is -0.520. The molecular formula is C12H16BrFN2S. The van der Waals surface area contributed by atoms with Crippen LogP contribution in [-0.2, 0) is 6.54 Å². The van der Waals surface area contributed by atoms with E-state index in [0.717, 1.165) is 12.1 Å². The van der Waals surface area contributed by atoms with Gasteiger partial charge in [-0.3, -0.25) is 4.90 Å². The van der Waals surface area contributed by atoms with Crippen LogP contribution in [0.15, 0.2) is 22.7 Å². The third kappa shape index (κ3) is 4.69. The molecule has 0 aliphatic carbocycles. The SMILES string of the molecule is CC(CC(N)=S)N(C)Cc1ccc(F)c(Br)c1. The molecule has 17 heavy (non-hydrogen) atoms. The van der Waals surface area contributed by atoms with E-state index in [-0.39, 0.29) is 11.9 Å². The number of thiocarbonyl (C=S) groups is 1. The lowest BCUT2D eigenvalue weighted by molar-refractivity contribution is 0.255. The summed E-state index contributed by atoms with van der Waals surface area (Å²) in [6, 6.07) is 5.31. The molecule has 0 spiro atoms. The molecule has 1 rings (SSSR count). The van der Waals surface area contributed by atoms with Crippen LogP contribution < -0.4 is 5.73 Å². The van der Waals surface area contributed by atoms with Crippen LogP contribution in [0, 0.1) is 5.82 Å². The Morgan fingerprint density at radius 2 is 2.24 bits per heavy atom. The van der Waals surface area contributed by atoms with E-state index < -0.39 is 0 Å². The monoisotopic (exact) mass is 318 g/mol. The summed E-state index contributed by atoms with van der Waals surface area (Å²) >= 11 is 8.07. The molecule has 0 amide bonds. The van der Waals surface area contributed by atoms with Crippen molar-refractivity contribution in [3.05, 3.63) is 34.1 Å². The molecule has 0 saturated carbocycles. The molecule has 1 atom stereocenters. The molecule has 94 valence electrons. The fourth-order valence-corrected chi connectivity index (χ4v) is 2.20. The van der Waals surface area contributed by atoms with Crippen LogP contribution in [0.25, 0.3) is 0 Å². The number of halogens is 2. The third-order valence-corrected chi connectivity index (χ3v) is 3.44. The van der Waals surface area contributed by atoms with Crippen molar-refractivity contribution in [2.24, 2.45) is 5.73 Å². The van der Waals surface area contributed by atoms with E-state index in [0.29, 0.717) is 15.9 Å². The van der Waals surface area contributed by atoms with Crippen LogP contribution >= 0.6 is 28.1 Å². The van der Waals surface area contributed by atoms with Crippen LogP contribution in [0.4, 0.5) is 4.39 Å². The van der Waals surface area contributed by atoms with E-state index in [1.54, 1.807) is 12.1 Å². The van der Waals surface area contributed by atoms with E-state index >= 15 is 0 Å². The maximum Gasteiger partial charge on any atom is 0.137 e. The topological polar surface area (TPSA) is 29.3 Å². The summed E-state index contributed by atoms with van der Waals surface area (Å²) in [6.45, 7) is 2.81. The first-order chi connectivity index (χ1) is 7.90. The minimum Gasteiger partial charge on any atom is -0.393 e. The van der Waals surface area contributed by atoms with Gasteiger partial charge in [0.05, 0.1) is 9.46 Å². The molecule has 2 nitrogen and oxygen atoms in total. The van der Waals surface area contributed by atoms with Crippen LogP contribution in [0.5, 0.6) is 0 Å². The molecule has 0 heterocycles. The smallest absolute Gasteiger partial charge is 0.137 e. The van der Waals surface area contributed by atoms with Crippen molar-refractivity contribution in [3.8, 4) is 0 Å². The van der Waals surface area contributed by atoms with Crippen LogP contribution in [-0.4, -0.2) is 23.0 Å². The minimum atomic E-state index is -0.243. The molecule has 0 saturated heterocycles. The fraction of sp³-hybridized carbons (Fsp3) is 0.417. The Morgan fingerprint density at radius 3 is 2.76 bits per heavy atom. The molecule has 0 fully saturated rings. The number of benzene rings is 1. The Balaban J connectivity index is 2.64. The van der Waals surface area contributed by atoms with Gasteiger partial charge in [0.1, 0.15) is 5.82 Å². The molecule has 1 aromatic carbocycles. The summed E-state index contributed by atoms with van der Waals surface area (Å²) in [5, 5.41) is 0. The van der Waals surface area contributed by atoms with Gasteiger partial charge in [0, 0.05) is 19.0 Å². The summed E-state index contributed by atoms with van der Waals surface area (Å²) in [5.74, 6) is -0.243. The minimum absolute atomic E-state index is 0.243. The number of rotatable bonds is 5. The molecule has 5 heteroatoms. The average molecular weight is 319 g/mol. The molecule has 0 aliphatic rings. The van der Waals surface area contributed by atoms with Gasteiger partial charge in [0.2, 0.25) is 0 Å². The summed E-state index contributed by atoms with van der Waals surface area (Å²) < 4.78 is 13.6. The van der Waals surface area contributed by atoms with Crippen molar-refractivity contribution in [2.75, 3.05) is 7.05 Å². The maximum atomic E-state index is 13.1. The summed E-state index contributed by atoms with van der Waals surface area (Å²) in [5.41, 5.74) is 6.57. The Kier molecular flexibility index (Phi) is 5.49. The van der Waals surface area contributed by atoms with Crippen LogP contribution in [0.2, 0.25) is 0 Å². The van der Waals surface area contributed by atoms with Crippen molar-refractivity contribution in [2.45, 2.75) is 25.9 Å². The first kappa shape index (κ1) is 14.5. The number of nitrogens with zero attached hydrogens (tertiary/aromatic N) is 1. The third-order valence-electron chi connectivity index (χ3n) is 2.67. The van der Waals surface area contributed by atoms with Crippen LogP contribution in [0.3, 0.4) is 0 Å². The van der Waals surface area contributed by atoms with E-state index in [9.17, 15) is 4.39 Å². The van der Waals surface area contributed by atoms with Gasteiger partial charge in [-0.05, 0) is 47.6 Å². The van der Waals surface area contributed by atoms with Gasteiger partial charge in [-0.2, -0.15) is 0 Å². The Morgan fingerprint density at radius 1 is 1.59 bits per heavy atom. The highest BCUT2D eigenvalue weighted by atomic mass is 79.9. The van der Waals surface area contributed by atoms with Gasteiger partial charge in [0.15, 0.2) is 0 Å². The summed E-state index contributed by atoms with van der Waals surface area (Å²) in [6.07, 6.45) is 0.689. The predicted molar refractivity (Wildman–Crippen MR) is 76.4 cm³/mol. The number of nitrogens with two attached hydrogens (primary N) is 1. The lowest BCUT2D eigenvalue weighted by Crippen LogP contribution is -2.32. The van der Waals surface area contributed by atoms with E-state index in [1.807, 2.05) is 7.05 Å². The first-order valence-corrected chi connectivity index (χ1v) is 6.52. The molecular weight excluding hydrogens is 303 g/mol.